The highest BCUT2D eigenvalue weighted by Gasteiger charge is 2.07. The van der Waals surface area contributed by atoms with Crippen molar-refractivity contribution in [2.45, 2.75) is 6.92 Å². The van der Waals surface area contributed by atoms with Crippen LogP contribution >= 0.6 is 0 Å². The number of amides is 2. The Morgan fingerprint density at radius 2 is 1.59 bits per heavy atom. The van der Waals surface area contributed by atoms with Crippen LogP contribution in [0.4, 0.5) is 20.6 Å². The second-order valence-corrected chi connectivity index (χ2v) is 6.21. The molecule has 0 aliphatic heterocycles. The highest BCUT2D eigenvalue weighted by Crippen LogP contribution is 2.22. The quantitative estimate of drug-likeness (QED) is 0.534. The SMILES string of the molecule is Cc1cccn2cc(-c3ccc(NC(=O)Nc4ccc(F)cc4)cc3)nc12. The molecule has 0 aliphatic rings. The lowest BCUT2D eigenvalue weighted by Gasteiger charge is -2.08. The summed E-state index contributed by atoms with van der Waals surface area (Å²) in [6, 6.07) is 16.7. The second-order valence-electron chi connectivity index (χ2n) is 6.21. The molecule has 2 heterocycles. The first-order valence-corrected chi connectivity index (χ1v) is 8.47. The van der Waals surface area contributed by atoms with E-state index in [0.717, 1.165) is 22.5 Å². The zero-order valence-corrected chi connectivity index (χ0v) is 14.6. The van der Waals surface area contributed by atoms with Crippen molar-refractivity contribution in [3.05, 3.63) is 84.4 Å². The molecule has 2 N–H and O–H groups in total. The number of urea groups is 1. The van der Waals surface area contributed by atoms with Crippen molar-refractivity contribution < 1.29 is 9.18 Å². The number of carbonyl (C=O) groups excluding carboxylic acids is 1. The van der Waals surface area contributed by atoms with Crippen LogP contribution in [-0.4, -0.2) is 15.4 Å². The fourth-order valence-corrected chi connectivity index (χ4v) is 2.84. The normalized spacial score (nSPS) is 10.7. The molecule has 0 fully saturated rings. The van der Waals surface area contributed by atoms with E-state index in [4.69, 9.17) is 0 Å². The van der Waals surface area contributed by atoms with Crippen LogP contribution in [0.1, 0.15) is 5.56 Å². The van der Waals surface area contributed by atoms with Gasteiger partial charge in [0.1, 0.15) is 11.5 Å². The molecule has 0 saturated heterocycles. The molecule has 0 spiro atoms. The van der Waals surface area contributed by atoms with Crippen molar-refractivity contribution in [2.24, 2.45) is 0 Å². The summed E-state index contributed by atoms with van der Waals surface area (Å²) in [5.74, 6) is -0.348. The summed E-state index contributed by atoms with van der Waals surface area (Å²) in [6.45, 7) is 2.03. The minimum Gasteiger partial charge on any atom is -0.308 e. The minimum atomic E-state index is -0.391. The predicted octanol–water partition coefficient (Wildman–Crippen LogP) is 5.09. The summed E-state index contributed by atoms with van der Waals surface area (Å²) in [6.07, 6.45) is 3.94. The number of carbonyl (C=O) groups is 1. The van der Waals surface area contributed by atoms with Gasteiger partial charge in [0.05, 0.1) is 5.69 Å². The molecule has 6 heteroatoms. The van der Waals surface area contributed by atoms with Crippen LogP contribution in [0.3, 0.4) is 0 Å². The van der Waals surface area contributed by atoms with Crippen LogP contribution in [0.2, 0.25) is 0 Å². The molecule has 134 valence electrons. The Morgan fingerprint density at radius 3 is 2.22 bits per heavy atom. The third kappa shape index (κ3) is 3.64. The van der Waals surface area contributed by atoms with E-state index in [1.165, 1.54) is 24.3 Å². The van der Waals surface area contributed by atoms with Crippen molar-refractivity contribution in [3.8, 4) is 11.3 Å². The first kappa shape index (κ1) is 16.8. The first-order chi connectivity index (χ1) is 13.1. The number of fused-ring (bicyclic) bond motifs is 1. The molecular formula is C21H17FN4O. The lowest BCUT2D eigenvalue weighted by Crippen LogP contribution is -2.19. The maximum absolute atomic E-state index is 12.9. The molecule has 0 unspecified atom stereocenters. The molecule has 0 saturated carbocycles. The number of benzene rings is 2. The van der Waals surface area contributed by atoms with Gasteiger partial charge in [-0.25, -0.2) is 14.2 Å². The van der Waals surface area contributed by atoms with Crippen LogP contribution < -0.4 is 10.6 Å². The Hall–Kier alpha value is -3.67. The van der Waals surface area contributed by atoms with Gasteiger partial charge in [-0.05, 0) is 55.0 Å². The highest BCUT2D eigenvalue weighted by atomic mass is 19.1. The third-order valence-electron chi connectivity index (χ3n) is 4.22. The number of aryl methyl sites for hydroxylation is 1. The molecule has 27 heavy (non-hydrogen) atoms. The predicted molar refractivity (Wildman–Crippen MR) is 104 cm³/mol. The van der Waals surface area contributed by atoms with Gasteiger partial charge in [-0.3, -0.25) is 0 Å². The summed E-state index contributed by atoms with van der Waals surface area (Å²) in [4.78, 5) is 16.7. The zero-order valence-electron chi connectivity index (χ0n) is 14.6. The molecule has 2 amide bonds. The standard InChI is InChI=1S/C21H17FN4O/c1-14-3-2-12-26-13-19(25-20(14)26)15-4-8-17(9-5-15)23-21(27)24-18-10-6-16(22)7-11-18/h2-13H,1H3,(H2,23,24,27). The summed E-state index contributed by atoms with van der Waals surface area (Å²) in [5, 5.41) is 5.41. The number of pyridine rings is 1. The van der Waals surface area contributed by atoms with Crippen molar-refractivity contribution >= 4 is 23.1 Å². The molecule has 2 aromatic heterocycles. The van der Waals surface area contributed by atoms with Crippen molar-refractivity contribution in [3.63, 3.8) is 0 Å². The maximum atomic E-state index is 12.9. The number of halogens is 1. The summed E-state index contributed by atoms with van der Waals surface area (Å²) in [5.41, 5.74) is 5.03. The van der Waals surface area contributed by atoms with Crippen LogP contribution in [0.25, 0.3) is 16.9 Å². The number of nitrogens with one attached hydrogen (secondary N) is 2. The number of hydrogen-bond acceptors (Lipinski definition) is 2. The fourth-order valence-electron chi connectivity index (χ4n) is 2.84. The summed E-state index contributed by atoms with van der Waals surface area (Å²) in [7, 11) is 0. The lowest BCUT2D eigenvalue weighted by molar-refractivity contribution is 0.262. The highest BCUT2D eigenvalue weighted by molar-refractivity contribution is 5.99. The Balaban J connectivity index is 1.47. The lowest BCUT2D eigenvalue weighted by atomic mass is 10.1. The fraction of sp³-hybridized carbons (Fsp3) is 0.0476. The number of nitrogens with zero attached hydrogens (tertiary/aromatic N) is 2. The van der Waals surface area contributed by atoms with Gasteiger partial charge in [-0.1, -0.05) is 18.2 Å². The van der Waals surface area contributed by atoms with E-state index in [9.17, 15) is 9.18 Å². The van der Waals surface area contributed by atoms with E-state index in [1.807, 2.05) is 60.1 Å². The minimum absolute atomic E-state index is 0.348. The van der Waals surface area contributed by atoms with Crippen molar-refractivity contribution in [1.82, 2.24) is 9.38 Å². The Kier molecular flexibility index (Phi) is 4.30. The zero-order chi connectivity index (χ0) is 18.8. The Morgan fingerprint density at radius 1 is 0.963 bits per heavy atom. The van der Waals surface area contributed by atoms with E-state index in [0.29, 0.717) is 11.4 Å². The van der Waals surface area contributed by atoms with E-state index >= 15 is 0 Å². The summed E-state index contributed by atoms with van der Waals surface area (Å²) < 4.78 is 14.9. The van der Waals surface area contributed by atoms with Crippen molar-refractivity contribution in [1.29, 1.82) is 0 Å². The van der Waals surface area contributed by atoms with E-state index in [2.05, 4.69) is 15.6 Å². The van der Waals surface area contributed by atoms with Gasteiger partial charge >= 0.3 is 6.03 Å². The second kappa shape index (κ2) is 6.92. The van der Waals surface area contributed by atoms with Crippen LogP contribution in [-0.2, 0) is 0 Å². The average molecular weight is 360 g/mol. The third-order valence-corrected chi connectivity index (χ3v) is 4.22. The largest absolute Gasteiger partial charge is 0.323 e. The van der Waals surface area contributed by atoms with Crippen LogP contribution in [0, 0.1) is 12.7 Å². The molecule has 0 bridgehead atoms. The number of aromatic nitrogens is 2. The van der Waals surface area contributed by atoms with Gasteiger partial charge in [0.15, 0.2) is 0 Å². The number of anilines is 2. The van der Waals surface area contributed by atoms with E-state index in [-0.39, 0.29) is 5.82 Å². The molecule has 0 aliphatic carbocycles. The number of imidazole rings is 1. The van der Waals surface area contributed by atoms with Gasteiger partial charge < -0.3 is 15.0 Å². The van der Waals surface area contributed by atoms with Gasteiger partial charge in [0.25, 0.3) is 0 Å². The number of rotatable bonds is 3. The first-order valence-electron chi connectivity index (χ1n) is 8.47. The Bertz CT molecular complexity index is 1100. The van der Waals surface area contributed by atoms with Crippen molar-refractivity contribution in [2.75, 3.05) is 10.6 Å². The van der Waals surface area contributed by atoms with Gasteiger partial charge in [-0.2, -0.15) is 0 Å². The molecular weight excluding hydrogens is 343 g/mol. The molecule has 0 atom stereocenters. The van der Waals surface area contributed by atoms with Gasteiger partial charge in [0, 0.05) is 29.3 Å². The monoisotopic (exact) mass is 360 g/mol. The summed E-state index contributed by atoms with van der Waals surface area (Å²) >= 11 is 0. The topological polar surface area (TPSA) is 58.4 Å². The van der Waals surface area contributed by atoms with E-state index < -0.39 is 6.03 Å². The average Bonchev–Trinajstić information content (AvgIpc) is 3.10. The van der Waals surface area contributed by atoms with Gasteiger partial charge in [0.2, 0.25) is 0 Å². The maximum Gasteiger partial charge on any atom is 0.323 e. The smallest absolute Gasteiger partial charge is 0.308 e. The molecule has 0 radical (unpaired) electrons. The molecule has 4 aromatic rings. The van der Waals surface area contributed by atoms with Gasteiger partial charge in [-0.15, -0.1) is 0 Å². The van der Waals surface area contributed by atoms with E-state index in [1.54, 1.807) is 0 Å². The molecule has 2 aromatic carbocycles. The molecule has 5 nitrogen and oxygen atoms in total. The molecule has 4 rings (SSSR count). The Labute approximate surface area is 155 Å². The number of hydrogen-bond donors (Lipinski definition) is 2. The van der Waals surface area contributed by atoms with Crippen LogP contribution in [0.5, 0.6) is 0 Å². The van der Waals surface area contributed by atoms with Crippen LogP contribution in [0.15, 0.2) is 73.1 Å².